The molecule has 32 heavy (non-hydrogen) atoms. The highest BCUT2D eigenvalue weighted by atomic mass is 16.5. The highest BCUT2D eigenvalue weighted by Crippen LogP contribution is 2.46. The molecule has 0 radical (unpaired) electrons. The first-order valence-electron chi connectivity index (χ1n) is 12.3. The van der Waals surface area contributed by atoms with Crippen molar-refractivity contribution in [2.24, 2.45) is 10.8 Å². The number of hydrogen-bond acceptors (Lipinski definition) is 6. The van der Waals surface area contributed by atoms with Crippen LogP contribution < -0.4 is 10.6 Å². The third-order valence-electron chi connectivity index (χ3n) is 5.77. The SMILES string of the molecule is CCC/C(=C/C(=O)OCC)NCC1(C)CC(N/C(=C\C(=O)OCC)CCC)CC(C)(C)C1. The Kier molecular flexibility index (Phi) is 11.9. The van der Waals surface area contributed by atoms with Gasteiger partial charge in [0.2, 0.25) is 0 Å². The Hall–Kier alpha value is -1.98. The average Bonchev–Trinajstić information content (AvgIpc) is 2.65. The van der Waals surface area contributed by atoms with Crippen molar-refractivity contribution in [2.45, 2.75) is 99.5 Å². The average molecular weight is 451 g/mol. The van der Waals surface area contributed by atoms with Crippen molar-refractivity contribution in [1.29, 1.82) is 0 Å². The van der Waals surface area contributed by atoms with Crippen molar-refractivity contribution in [1.82, 2.24) is 10.6 Å². The van der Waals surface area contributed by atoms with Gasteiger partial charge < -0.3 is 20.1 Å². The number of ether oxygens (including phenoxy) is 2. The molecule has 0 aromatic carbocycles. The van der Waals surface area contributed by atoms with Gasteiger partial charge in [-0.25, -0.2) is 9.59 Å². The first-order chi connectivity index (χ1) is 15.1. The van der Waals surface area contributed by atoms with Crippen LogP contribution in [0.3, 0.4) is 0 Å². The van der Waals surface area contributed by atoms with Gasteiger partial charge in [-0.05, 0) is 56.8 Å². The van der Waals surface area contributed by atoms with E-state index < -0.39 is 0 Å². The number of carbonyl (C=O) groups excluding carboxylic acids is 2. The Morgan fingerprint density at radius 2 is 1.41 bits per heavy atom. The Morgan fingerprint density at radius 3 is 1.94 bits per heavy atom. The summed E-state index contributed by atoms with van der Waals surface area (Å²) in [5, 5.41) is 7.21. The van der Waals surface area contributed by atoms with Crippen LogP contribution in [0.25, 0.3) is 0 Å². The molecule has 0 bridgehead atoms. The molecule has 6 heteroatoms. The minimum absolute atomic E-state index is 0.0577. The van der Waals surface area contributed by atoms with E-state index >= 15 is 0 Å². The van der Waals surface area contributed by atoms with Crippen LogP contribution in [0.15, 0.2) is 23.5 Å². The van der Waals surface area contributed by atoms with E-state index in [2.05, 4.69) is 45.3 Å². The summed E-state index contributed by atoms with van der Waals surface area (Å²) >= 11 is 0. The number of esters is 2. The lowest BCUT2D eigenvalue weighted by atomic mass is 9.62. The molecule has 0 heterocycles. The molecule has 184 valence electrons. The van der Waals surface area contributed by atoms with Gasteiger partial charge in [0.1, 0.15) is 0 Å². The van der Waals surface area contributed by atoms with Crippen molar-refractivity contribution < 1.29 is 19.1 Å². The van der Waals surface area contributed by atoms with Crippen molar-refractivity contribution >= 4 is 11.9 Å². The summed E-state index contributed by atoms with van der Waals surface area (Å²) in [7, 11) is 0. The van der Waals surface area contributed by atoms with Crippen LogP contribution in [0.5, 0.6) is 0 Å². The van der Waals surface area contributed by atoms with Gasteiger partial charge in [-0.15, -0.1) is 0 Å². The molecular weight excluding hydrogens is 404 g/mol. The third kappa shape index (κ3) is 10.6. The molecule has 0 aromatic heterocycles. The van der Waals surface area contributed by atoms with Crippen molar-refractivity contribution in [2.75, 3.05) is 19.8 Å². The van der Waals surface area contributed by atoms with Gasteiger partial charge in [0.25, 0.3) is 0 Å². The molecule has 1 fully saturated rings. The minimum Gasteiger partial charge on any atom is -0.463 e. The van der Waals surface area contributed by atoms with Gasteiger partial charge in [0, 0.05) is 36.1 Å². The van der Waals surface area contributed by atoms with Gasteiger partial charge >= 0.3 is 11.9 Å². The Balaban J connectivity index is 2.93. The van der Waals surface area contributed by atoms with E-state index in [9.17, 15) is 9.59 Å². The molecule has 0 amide bonds. The number of hydrogen-bond donors (Lipinski definition) is 2. The zero-order chi connectivity index (χ0) is 24.2. The number of nitrogens with one attached hydrogen (secondary N) is 2. The van der Waals surface area contributed by atoms with Crippen LogP contribution in [-0.4, -0.2) is 37.7 Å². The molecule has 0 aromatic rings. The molecule has 6 nitrogen and oxygen atoms in total. The summed E-state index contributed by atoms with van der Waals surface area (Å²) in [5.41, 5.74) is 2.12. The summed E-state index contributed by atoms with van der Waals surface area (Å²) in [6.07, 6.45) is 9.92. The first kappa shape index (κ1) is 28.1. The van der Waals surface area contributed by atoms with Crippen LogP contribution >= 0.6 is 0 Å². The third-order valence-corrected chi connectivity index (χ3v) is 5.77. The topological polar surface area (TPSA) is 76.7 Å². The van der Waals surface area contributed by atoms with Crippen LogP contribution in [0.4, 0.5) is 0 Å². The number of carbonyl (C=O) groups is 2. The molecule has 1 saturated carbocycles. The van der Waals surface area contributed by atoms with E-state index in [-0.39, 0.29) is 28.8 Å². The normalized spacial score (nSPS) is 23.4. The smallest absolute Gasteiger partial charge is 0.332 e. The molecule has 2 atom stereocenters. The molecule has 0 saturated heterocycles. The molecule has 1 rings (SSSR count). The van der Waals surface area contributed by atoms with E-state index in [1.807, 2.05) is 13.8 Å². The quantitative estimate of drug-likeness (QED) is 0.295. The maximum Gasteiger partial charge on any atom is 0.332 e. The summed E-state index contributed by atoms with van der Waals surface area (Å²) in [6.45, 7) is 16.4. The van der Waals surface area contributed by atoms with Gasteiger partial charge in [-0.1, -0.05) is 47.5 Å². The van der Waals surface area contributed by atoms with Crippen molar-refractivity contribution in [3.8, 4) is 0 Å². The second kappa shape index (κ2) is 13.5. The molecule has 0 aliphatic heterocycles. The summed E-state index contributed by atoms with van der Waals surface area (Å²) in [5.74, 6) is -0.568. The molecule has 2 unspecified atom stereocenters. The Bertz CT molecular complexity index is 669. The van der Waals surface area contributed by atoms with Gasteiger partial charge in [-0.2, -0.15) is 0 Å². The van der Waals surface area contributed by atoms with Gasteiger partial charge in [-0.3, -0.25) is 0 Å². The number of rotatable bonds is 13. The van der Waals surface area contributed by atoms with E-state index in [1.54, 1.807) is 12.2 Å². The maximum atomic E-state index is 12.0. The highest BCUT2D eigenvalue weighted by Gasteiger charge is 2.41. The van der Waals surface area contributed by atoms with Crippen LogP contribution in [0.2, 0.25) is 0 Å². The number of allylic oxidation sites excluding steroid dienone is 2. The first-order valence-corrected chi connectivity index (χ1v) is 12.3. The second-order valence-electron chi connectivity index (χ2n) is 10.1. The standard InChI is InChI=1S/C26H46N2O4/c1-8-12-20(14-23(29)31-10-3)27-19-26(7)17-22(16-25(5,6)18-26)28-21(13-9-2)15-24(30)32-11-4/h14-15,22,27-28H,8-13,16-19H2,1-7H3/b20-14-,21-15-. The maximum absolute atomic E-state index is 12.0. The molecule has 1 aliphatic carbocycles. The van der Waals surface area contributed by atoms with E-state index in [4.69, 9.17) is 9.47 Å². The summed E-state index contributed by atoms with van der Waals surface area (Å²) in [4.78, 5) is 23.9. The Labute approximate surface area is 195 Å². The van der Waals surface area contributed by atoms with Gasteiger partial charge in [0.15, 0.2) is 0 Å². The van der Waals surface area contributed by atoms with E-state index in [0.29, 0.717) is 13.2 Å². The predicted molar refractivity (Wildman–Crippen MR) is 130 cm³/mol. The summed E-state index contributed by atoms with van der Waals surface area (Å²) < 4.78 is 10.2. The zero-order valence-corrected chi connectivity index (χ0v) is 21.4. The van der Waals surface area contributed by atoms with Crippen LogP contribution in [-0.2, 0) is 19.1 Å². The van der Waals surface area contributed by atoms with Crippen molar-refractivity contribution in [3.05, 3.63) is 23.5 Å². The fourth-order valence-corrected chi connectivity index (χ4v) is 5.05. The molecule has 2 N–H and O–H groups in total. The lowest BCUT2D eigenvalue weighted by Crippen LogP contribution is -2.48. The molecular formula is C26H46N2O4. The molecule has 0 spiro atoms. The van der Waals surface area contributed by atoms with E-state index in [1.165, 1.54) is 0 Å². The second-order valence-corrected chi connectivity index (χ2v) is 10.1. The zero-order valence-electron chi connectivity index (χ0n) is 21.4. The fraction of sp³-hybridized carbons (Fsp3) is 0.769. The lowest BCUT2D eigenvalue weighted by molar-refractivity contribution is -0.138. The monoisotopic (exact) mass is 450 g/mol. The van der Waals surface area contributed by atoms with E-state index in [0.717, 1.165) is 62.9 Å². The minimum atomic E-state index is -0.287. The Morgan fingerprint density at radius 1 is 0.875 bits per heavy atom. The largest absolute Gasteiger partial charge is 0.463 e. The predicted octanol–water partition coefficient (Wildman–Crippen LogP) is 5.24. The fourth-order valence-electron chi connectivity index (χ4n) is 5.05. The van der Waals surface area contributed by atoms with Crippen LogP contribution in [0, 0.1) is 10.8 Å². The summed E-state index contributed by atoms with van der Waals surface area (Å²) in [6, 6.07) is 0.279. The van der Waals surface area contributed by atoms with Gasteiger partial charge in [0.05, 0.1) is 13.2 Å². The highest BCUT2D eigenvalue weighted by molar-refractivity contribution is 5.83. The lowest BCUT2D eigenvalue weighted by Gasteiger charge is -2.47. The van der Waals surface area contributed by atoms with Crippen molar-refractivity contribution in [3.63, 3.8) is 0 Å². The molecule has 1 aliphatic rings. The van der Waals surface area contributed by atoms with Crippen LogP contribution in [0.1, 0.15) is 93.4 Å².